The van der Waals surface area contributed by atoms with E-state index in [0.29, 0.717) is 13.1 Å². The van der Waals surface area contributed by atoms with Crippen molar-refractivity contribution < 1.29 is 0 Å². The van der Waals surface area contributed by atoms with E-state index in [-0.39, 0.29) is 0 Å². The molecule has 0 saturated heterocycles. The van der Waals surface area contributed by atoms with Crippen LogP contribution in [-0.2, 0) is 13.1 Å². The highest BCUT2D eigenvalue weighted by Crippen LogP contribution is 1.99. The van der Waals surface area contributed by atoms with Gasteiger partial charge >= 0.3 is 0 Å². The molecule has 54 valence electrons. The van der Waals surface area contributed by atoms with Crippen molar-refractivity contribution in [3.63, 3.8) is 0 Å². The van der Waals surface area contributed by atoms with Gasteiger partial charge in [-0.05, 0) is 0 Å². The third-order valence-corrected chi connectivity index (χ3v) is 1.29. The minimum absolute atomic E-state index is 0.426. The molecule has 4 N–H and O–H groups in total. The van der Waals surface area contributed by atoms with Crippen molar-refractivity contribution in [2.45, 2.75) is 13.1 Å². The molecule has 4 heteroatoms. The molecule has 0 amide bonds. The van der Waals surface area contributed by atoms with Crippen LogP contribution in [0.25, 0.3) is 0 Å². The summed E-state index contributed by atoms with van der Waals surface area (Å²) in [5.41, 5.74) is 12.5. The Hall–Kier alpha value is -1.00. The molecule has 0 aliphatic carbocycles. The first kappa shape index (κ1) is 7.11. The minimum atomic E-state index is 0.426. The molecule has 1 rings (SSSR count). The number of hydrogen-bond donors (Lipinski definition) is 2. The van der Waals surface area contributed by atoms with Gasteiger partial charge in [0.05, 0.1) is 5.69 Å². The van der Waals surface area contributed by atoms with Crippen molar-refractivity contribution in [1.29, 1.82) is 0 Å². The first-order chi connectivity index (χ1) is 4.88. The van der Waals surface area contributed by atoms with Crippen molar-refractivity contribution in [2.75, 3.05) is 0 Å². The quantitative estimate of drug-likeness (QED) is 0.571. The molecule has 0 bridgehead atoms. The average molecular weight is 138 g/mol. The van der Waals surface area contributed by atoms with Gasteiger partial charge in [0.25, 0.3) is 0 Å². The van der Waals surface area contributed by atoms with Gasteiger partial charge in [0.1, 0.15) is 6.33 Å². The Morgan fingerprint density at radius 2 is 2.10 bits per heavy atom. The molecular formula is C6H10N4. The molecule has 10 heavy (non-hydrogen) atoms. The van der Waals surface area contributed by atoms with Crippen LogP contribution in [0.4, 0.5) is 0 Å². The lowest BCUT2D eigenvalue weighted by Gasteiger charge is -2.00. The summed E-state index contributed by atoms with van der Waals surface area (Å²) in [5.74, 6) is 0. The molecule has 0 fully saturated rings. The molecule has 0 aliphatic rings. The maximum Gasteiger partial charge on any atom is 0.115 e. The number of rotatable bonds is 2. The van der Waals surface area contributed by atoms with E-state index < -0.39 is 0 Å². The Labute approximate surface area is 59.3 Å². The van der Waals surface area contributed by atoms with Gasteiger partial charge in [0.15, 0.2) is 0 Å². The van der Waals surface area contributed by atoms with Crippen molar-refractivity contribution in [2.24, 2.45) is 11.5 Å². The van der Waals surface area contributed by atoms with Crippen LogP contribution in [0.2, 0.25) is 0 Å². The van der Waals surface area contributed by atoms with E-state index in [4.69, 9.17) is 11.5 Å². The second-order valence-corrected chi connectivity index (χ2v) is 1.90. The summed E-state index contributed by atoms with van der Waals surface area (Å²) in [5, 5.41) is 0. The fourth-order valence-electron chi connectivity index (χ4n) is 0.738. The molecule has 0 unspecified atom stereocenters. The van der Waals surface area contributed by atoms with Gasteiger partial charge < -0.3 is 11.5 Å². The molecule has 0 spiro atoms. The monoisotopic (exact) mass is 138 g/mol. The first-order valence-electron chi connectivity index (χ1n) is 3.06. The third-order valence-electron chi connectivity index (χ3n) is 1.29. The first-order valence-corrected chi connectivity index (χ1v) is 3.06. The average Bonchev–Trinajstić information content (AvgIpc) is 2.04. The zero-order valence-corrected chi connectivity index (χ0v) is 5.62. The third kappa shape index (κ3) is 1.29. The molecule has 0 saturated carbocycles. The molecule has 0 radical (unpaired) electrons. The molecule has 1 heterocycles. The van der Waals surface area contributed by atoms with Crippen molar-refractivity contribution in [3.05, 3.63) is 23.8 Å². The summed E-state index contributed by atoms with van der Waals surface area (Å²) < 4.78 is 0. The Kier molecular flexibility index (Phi) is 2.30. The molecule has 0 aliphatic heterocycles. The van der Waals surface area contributed by atoms with E-state index >= 15 is 0 Å². The van der Waals surface area contributed by atoms with E-state index in [1.54, 1.807) is 6.20 Å². The van der Waals surface area contributed by atoms with E-state index in [1.807, 2.05) is 0 Å². The van der Waals surface area contributed by atoms with Crippen LogP contribution in [0.5, 0.6) is 0 Å². The maximum atomic E-state index is 5.39. The van der Waals surface area contributed by atoms with E-state index in [0.717, 1.165) is 11.3 Å². The highest BCUT2D eigenvalue weighted by Gasteiger charge is 1.97. The van der Waals surface area contributed by atoms with Crippen LogP contribution in [0.15, 0.2) is 12.5 Å². The Balaban J connectivity index is 2.96. The van der Waals surface area contributed by atoms with Gasteiger partial charge in [-0.15, -0.1) is 0 Å². The Morgan fingerprint density at radius 3 is 2.60 bits per heavy atom. The highest BCUT2D eigenvalue weighted by molar-refractivity contribution is 5.14. The summed E-state index contributed by atoms with van der Waals surface area (Å²) in [7, 11) is 0. The summed E-state index contributed by atoms with van der Waals surface area (Å²) in [4.78, 5) is 7.77. The highest BCUT2D eigenvalue weighted by atomic mass is 14.8. The van der Waals surface area contributed by atoms with E-state index in [2.05, 4.69) is 9.97 Å². The molecule has 0 atom stereocenters. The second kappa shape index (κ2) is 3.24. The smallest absolute Gasteiger partial charge is 0.115 e. The molecular weight excluding hydrogens is 128 g/mol. The minimum Gasteiger partial charge on any atom is -0.326 e. The van der Waals surface area contributed by atoms with Gasteiger partial charge in [-0.1, -0.05) is 0 Å². The summed E-state index contributed by atoms with van der Waals surface area (Å²) >= 11 is 0. The van der Waals surface area contributed by atoms with Gasteiger partial charge in [-0.2, -0.15) is 0 Å². The van der Waals surface area contributed by atoms with Crippen molar-refractivity contribution in [3.8, 4) is 0 Å². The lowest BCUT2D eigenvalue weighted by Crippen LogP contribution is -2.08. The molecule has 1 aromatic heterocycles. The van der Waals surface area contributed by atoms with Gasteiger partial charge in [-0.3, -0.25) is 0 Å². The predicted molar refractivity (Wildman–Crippen MR) is 37.8 cm³/mol. The summed E-state index contributed by atoms with van der Waals surface area (Å²) in [6.45, 7) is 0.877. The van der Waals surface area contributed by atoms with E-state index in [9.17, 15) is 0 Å². The topological polar surface area (TPSA) is 77.8 Å². The van der Waals surface area contributed by atoms with Crippen LogP contribution in [0, 0.1) is 0 Å². The van der Waals surface area contributed by atoms with Crippen molar-refractivity contribution >= 4 is 0 Å². The van der Waals surface area contributed by atoms with Crippen molar-refractivity contribution in [1.82, 2.24) is 9.97 Å². The molecule has 4 nitrogen and oxygen atoms in total. The number of hydrogen-bond acceptors (Lipinski definition) is 4. The van der Waals surface area contributed by atoms with Gasteiger partial charge in [0.2, 0.25) is 0 Å². The number of nitrogens with zero attached hydrogens (tertiary/aromatic N) is 2. The largest absolute Gasteiger partial charge is 0.326 e. The van der Waals surface area contributed by atoms with E-state index in [1.165, 1.54) is 6.33 Å². The Bertz CT molecular complexity index is 188. The molecule has 0 aromatic carbocycles. The lowest BCUT2D eigenvalue weighted by atomic mass is 10.2. The predicted octanol–water partition coefficient (Wildman–Crippen LogP) is -0.606. The number of nitrogens with two attached hydrogens (primary N) is 2. The van der Waals surface area contributed by atoms with Gasteiger partial charge in [-0.25, -0.2) is 9.97 Å². The lowest BCUT2D eigenvalue weighted by molar-refractivity contribution is 0.894. The second-order valence-electron chi connectivity index (χ2n) is 1.90. The summed E-state index contributed by atoms with van der Waals surface area (Å²) in [6, 6.07) is 0. The Morgan fingerprint density at radius 1 is 1.30 bits per heavy atom. The zero-order valence-electron chi connectivity index (χ0n) is 5.62. The maximum absolute atomic E-state index is 5.39. The zero-order chi connectivity index (χ0) is 7.40. The number of aromatic nitrogens is 2. The van der Waals surface area contributed by atoms with Crippen LogP contribution >= 0.6 is 0 Å². The van der Waals surface area contributed by atoms with Crippen LogP contribution in [0.1, 0.15) is 11.3 Å². The molecule has 1 aromatic rings. The normalized spacial score (nSPS) is 9.80. The summed E-state index contributed by atoms with van der Waals surface area (Å²) in [6.07, 6.45) is 3.16. The van der Waals surface area contributed by atoms with Crippen LogP contribution in [-0.4, -0.2) is 9.97 Å². The standard InChI is InChI=1S/C6H10N4/c7-1-5-3-9-4-10-6(5)2-8/h3-4H,1-2,7-8H2. The van der Waals surface area contributed by atoms with Gasteiger partial charge in [0, 0.05) is 24.8 Å². The fourth-order valence-corrected chi connectivity index (χ4v) is 0.738. The van der Waals surface area contributed by atoms with Crippen LogP contribution < -0.4 is 11.5 Å². The SMILES string of the molecule is NCc1cncnc1CN. The van der Waals surface area contributed by atoms with Crippen LogP contribution in [0.3, 0.4) is 0 Å². The fraction of sp³-hybridized carbons (Fsp3) is 0.333.